The number of hydrogen-bond donors (Lipinski definition) is 0. The summed E-state index contributed by atoms with van der Waals surface area (Å²) in [4.78, 5) is 15.0. The molecule has 2 amide bonds. The van der Waals surface area contributed by atoms with Gasteiger partial charge < -0.3 is 9.80 Å². The summed E-state index contributed by atoms with van der Waals surface area (Å²) in [6, 6.07) is -0.212. The highest BCUT2D eigenvalue weighted by Gasteiger charge is 2.45. The Labute approximate surface area is 98.6 Å². The maximum Gasteiger partial charge on any atom is 0.393 e. The van der Waals surface area contributed by atoms with Crippen LogP contribution in [-0.4, -0.2) is 48.2 Å². The van der Waals surface area contributed by atoms with Gasteiger partial charge >= 0.3 is 12.2 Å². The van der Waals surface area contributed by atoms with E-state index in [4.69, 9.17) is 0 Å². The van der Waals surface area contributed by atoms with Crippen molar-refractivity contribution in [2.24, 2.45) is 5.92 Å². The lowest BCUT2D eigenvalue weighted by atomic mass is 10.1. The van der Waals surface area contributed by atoms with Crippen molar-refractivity contribution < 1.29 is 18.0 Å². The van der Waals surface area contributed by atoms with E-state index < -0.39 is 12.1 Å². The van der Waals surface area contributed by atoms with E-state index in [0.717, 1.165) is 19.3 Å². The SMILES string of the molecule is O=C(N1CCCCC1)N1CCC(C(F)(F)F)C1. The number of halogens is 3. The first-order valence-corrected chi connectivity index (χ1v) is 6.09. The van der Waals surface area contributed by atoms with Crippen LogP contribution in [0.2, 0.25) is 0 Å². The van der Waals surface area contributed by atoms with Gasteiger partial charge in [0.15, 0.2) is 0 Å². The molecule has 17 heavy (non-hydrogen) atoms. The first-order chi connectivity index (χ1) is 7.98. The zero-order chi connectivity index (χ0) is 12.5. The molecule has 2 fully saturated rings. The molecule has 0 radical (unpaired) electrons. The summed E-state index contributed by atoms with van der Waals surface area (Å²) < 4.78 is 37.5. The molecule has 0 aromatic carbocycles. The Bertz CT molecular complexity index is 287. The van der Waals surface area contributed by atoms with Gasteiger partial charge in [0.05, 0.1) is 5.92 Å². The Morgan fingerprint density at radius 2 is 1.65 bits per heavy atom. The van der Waals surface area contributed by atoms with Crippen molar-refractivity contribution in [3.8, 4) is 0 Å². The second kappa shape index (κ2) is 4.74. The molecular weight excluding hydrogens is 233 g/mol. The van der Waals surface area contributed by atoms with Crippen LogP contribution in [0.25, 0.3) is 0 Å². The van der Waals surface area contributed by atoms with Crippen molar-refractivity contribution in [1.82, 2.24) is 9.80 Å². The molecule has 2 aliphatic rings. The van der Waals surface area contributed by atoms with Gasteiger partial charge in [0, 0.05) is 26.2 Å². The van der Waals surface area contributed by atoms with Crippen molar-refractivity contribution in [3.05, 3.63) is 0 Å². The predicted molar refractivity (Wildman–Crippen MR) is 56.6 cm³/mol. The Kier molecular flexibility index (Phi) is 3.49. The van der Waals surface area contributed by atoms with E-state index in [9.17, 15) is 18.0 Å². The van der Waals surface area contributed by atoms with Crippen LogP contribution in [-0.2, 0) is 0 Å². The fourth-order valence-corrected chi connectivity index (χ4v) is 2.49. The van der Waals surface area contributed by atoms with Gasteiger partial charge in [-0.25, -0.2) is 4.79 Å². The summed E-state index contributed by atoms with van der Waals surface area (Å²) in [5, 5.41) is 0. The first-order valence-electron chi connectivity index (χ1n) is 6.09. The van der Waals surface area contributed by atoms with Crippen LogP contribution in [0.15, 0.2) is 0 Å². The molecule has 6 heteroatoms. The number of amides is 2. The number of carbonyl (C=O) groups is 1. The molecule has 0 aromatic rings. The fraction of sp³-hybridized carbons (Fsp3) is 0.909. The van der Waals surface area contributed by atoms with Crippen LogP contribution in [0.5, 0.6) is 0 Å². The van der Waals surface area contributed by atoms with Crippen LogP contribution in [0.3, 0.4) is 0 Å². The van der Waals surface area contributed by atoms with E-state index in [0.29, 0.717) is 13.1 Å². The molecule has 98 valence electrons. The van der Waals surface area contributed by atoms with E-state index >= 15 is 0 Å². The third kappa shape index (κ3) is 2.84. The largest absolute Gasteiger partial charge is 0.393 e. The first kappa shape index (κ1) is 12.5. The highest BCUT2D eigenvalue weighted by molar-refractivity contribution is 5.74. The highest BCUT2D eigenvalue weighted by Crippen LogP contribution is 2.33. The minimum Gasteiger partial charge on any atom is -0.325 e. The van der Waals surface area contributed by atoms with E-state index in [1.807, 2.05) is 0 Å². The molecule has 0 aromatic heterocycles. The van der Waals surface area contributed by atoms with Crippen LogP contribution in [0.4, 0.5) is 18.0 Å². The molecule has 1 unspecified atom stereocenters. The molecule has 1 atom stereocenters. The maximum absolute atomic E-state index is 12.5. The molecule has 0 N–H and O–H groups in total. The van der Waals surface area contributed by atoms with Gasteiger partial charge in [-0.05, 0) is 25.7 Å². The molecule has 0 spiro atoms. The second-order valence-electron chi connectivity index (χ2n) is 4.80. The van der Waals surface area contributed by atoms with Crippen LogP contribution in [0.1, 0.15) is 25.7 Å². The average Bonchev–Trinajstić information content (AvgIpc) is 2.78. The van der Waals surface area contributed by atoms with Gasteiger partial charge in [-0.1, -0.05) is 0 Å². The lowest BCUT2D eigenvalue weighted by molar-refractivity contribution is -0.170. The van der Waals surface area contributed by atoms with E-state index in [2.05, 4.69) is 0 Å². The Morgan fingerprint density at radius 3 is 2.18 bits per heavy atom. The van der Waals surface area contributed by atoms with Crippen LogP contribution in [0, 0.1) is 5.92 Å². The smallest absolute Gasteiger partial charge is 0.325 e. The zero-order valence-corrected chi connectivity index (χ0v) is 9.67. The Balaban J connectivity index is 1.89. The Morgan fingerprint density at radius 1 is 1.00 bits per heavy atom. The van der Waals surface area contributed by atoms with Crippen LogP contribution >= 0.6 is 0 Å². The maximum atomic E-state index is 12.5. The number of urea groups is 1. The number of alkyl halides is 3. The van der Waals surface area contributed by atoms with Gasteiger partial charge in [0.2, 0.25) is 0 Å². The molecule has 0 bridgehead atoms. The molecule has 3 nitrogen and oxygen atoms in total. The lowest BCUT2D eigenvalue weighted by Gasteiger charge is -2.31. The summed E-state index contributed by atoms with van der Waals surface area (Å²) in [5.41, 5.74) is 0. The van der Waals surface area contributed by atoms with E-state index in [1.54, 1.807) is 4.90 Å². The van der Waals surface area contributed by atoms with Gasteiger partial charge in [-0.15, -0.1) is 0 Å². The monoisotopic (exact) mass is 250 g/mol. The zero-order valence-electron chi connectivity index (χ0n) is 9.67. The number of piperidine rings is 1. The molecule has 2 heterocycles. The number of likely N-dealkylation sites (tertiary alicyclic amines) is 2. The Hall–Kier alpha value is -0.940. The minimum atomic E-state index is -4.17. The van der Waals surface area contributed by atoms with Crippen molar-refractivity contribution >= 4 is 6.03 Å². The summed E-state index contributed by atoms with van der Waals surface area (Å²) in [6.45, 7) is 1.44. The minimum absolute atomic E-state index is 0.0447. The summed E-state index contributed by atoms with van der Waals surface area (Å²) in [5.74, 6) is -1.34. The topological polar surface area (TPSA) is 23.6 Å². The van der Waals surface area contributed by atoms with Crippen molar-refractivity contribution in [2.45, 2.75) is 31.9 Å². The van der Waals surface area contributed by atoms with Crippen LogP contribution < -0.4 is 0 Å². The standard InChI is InChI=1S/C11H17F3N2O/c12-11(13,14)9-4-7-16(8-9)10(17)15-5-2-1-3-6-15/h9H,1-8H2. The number of hydrogen-bond acceptors (Lipinski definition) is 1. The quantitative estimate of drug-likeness (QED) is 0.648. The van der Waals surface area contributed by atoms with E-state index in [1.165, 1.54) is 4.90 Å². The summed E-state index contributed by atoms with van der Waals surface area (Å²) in [7, 11) is 0. The average molecular weight is 250 g/mol. The second-order valence-corrected chi connectivity index (χ2v) is 4.80. The molecule has 2 aliphatic heterocycles. The van der Waals surface area contributed by atoms with Gasteiger partial charge in [-0.2, -0.15) is 13.2 Å². The van der Waals surface area contributed by atoms with Gasteiger partial charge in [0.25, 0.3) is 0 Å². The fourth-order valence-electron chi connectivity index (χ4n) is 2.49. The third-order valence-corrected chi connectivity index (χ3v) is 3.55. The number of rotatable bonds is 0. The summed E-state index contributed by atoms with van der Waals surface area (Å²) in [6.07, 6.45) is -1.10. The third-order valence-electron chi connectivity index (χ3n) is 3.55. The molecule has 0 saturated carbocycles. The number of nitrogens with zero attached hydrogens (tertiary/aromatic N) is 2. The molecule has 2 saturated heterocycles. The predicted octanol–water partition coefficient (Wildman–Crippen LogP) is 2.48. The summed E-state index contributed by atoms with van der Waals surface area (Å²) >= 11 is 0. The highest BCUT2D eigenvalue weighted by atomic mass is 19.4. The molecule has 2 rings (SSSR count). The van der Waals surface area contributed by atoms with Gasteiger partial charge in [-0.3, -0.25) is 0 Å². The van der Waals surface area contributed by atoms with Crippen molar-refractivity contribution in [3.63, 3.8) is 0 Å². The number of carbonyl (C=O) groups excluding carboxylic acids is 1. The van der Waals surface area contributed by atoms with Gasteiger partial charge in [0.1, 0.15) is 0 Å². The van der Waals surface area contributed by atoms with Crippen molar-refractivity contribution in [2.75, 3.05) is 26.2 Å². The molecular formula is C11H17F3N2O. The van der Waals surface area contributed by atoms with E-state index in [-0.39, 0.29) is 25.5 Å². The lowest BCUT2D eigenvalue weighted by Crippen LogP contribution is -2.45. The normalized spacial score (nSPS) is 26.4. The molecule has 0 aliphatic carbocycles. The van der Waals surface area contributed by atoms with Crippen molar-refractivity contribution in [1.29, 1.82) is 0 Å².